The van der Waals surface area contributed by atoms with E-state index >= 15 is 0 Å². The van der Waals surface area contributed by atoms with Crippen molar-refractivity contribution in [2.45, 2.75) is 44.4 Å². The molecule has 0 amide bonds. The number of anilines is 1. The fraction of sp³-hybridized carbons (Fsp3) is 0.400. The fourth-order valence-corrected chi connectivity index (χ4v) is 4.31. The highest BCUT2D eigenvalue weighted by Crippen LogP contribution is 2.32. The van der Waals surface area contributed by atoms with Crippen LogP contribution in [0, 0.1) is 0 Å². The molecule has 1 aliphatic rings. The van der Waals surface area contributed by atoms with E-state index in [9.17, 15) is 8.42 Å². The van der Waals surface area contributed by atoms with Crippen molar-refractivity contribution in [3.63, 3.8) is 0 Å². The summed E-state index contributed by atoms with van der Waals surface area (Å²) < 4.78 is 39.3. The Morgan fingerprint density at radius 1 is 0.885 bits per heavy atom. The molecule has 0 aromatic heterocycles. The Morgan fingerprint density at radius 2 is 1.58 bits per heavy atom. The molecule has 0 spiro atoms. The highest BCUT2D eigenvalue weighted by atomic mass is 32.2. The monoisotopic (exact) mass is 375 g/mol. The van der Waals surface area contributed by atoms with Gasteiger partial charge in [-0.05, 0) is 74.9 Å². The van der Waals surface area contributed by atoms with Gasteiger partial charge in [-0.2, -0.15) is 0 Å². The minimum absolute atomic E-state index is 0.296. The molecule has 0 bridgehead atoms. The van der Waals surface area contributed by atoms with Crippen LogP contribution in [0.2, 0.25) is 0 Å². The maximum atomic E-state index is 12.8. The van der Waals surface area contributed by atoms with Gasteiger partial charge in [0.25, 0.3) is 10.0 Å². The zero-order valence-corrected chi connectivity index (χ0v) is 16.1. The second-order valence-corrected chi connectivity index (χ2v) is 7.95. The van der Waals surface area contributed by atoms with Gasteiger partial charge in [-0.25, -0.2) is 8.42 Å². The van der Waals surface area contributed by atoms with Crippen molar-refractivity contribution >= 4 is 15.7 Å². The predicted molar refractivity (Wildman–Crippen MR) is 103 cm³/mol. The lowest BCUT2D eigenvalue weighted by atomic mass is 9.92. The van der Waals surface area contributed by atoms with Crippen LogP contribution < -0.4 is 14.2 Å². The van der Waals surface area contributed by atoms with Crippen LogP contribution in [-0.2, 0) is 22.9 Å². The highest BCUT2D eigenvalue weighted by Gasteiger charge is 2.18. The lowest BCUT2D eigenvalue weighted by Crippen LogP contribution is -2.14. The molecule has 2 aromatic carbocycles. The van der Waals surface area contributed by atoms with E-state index in [2.05, 4.69) is 4.72 Å². The molecule has 0 saturated carbocycles. The molecule has 140 valence electrons. The molecule has 0 heterocycles. The lowest BCUT2D eigenvalue weighted by molar-refractivity contribution is 0.288. The fourth-order valence-electron chi connectivity index (χ4n) is 3.21. The van der Waals surface area contributed by atoms with Crippen LogP contribution in [0.25, 0.3) is 0 Å². The Balaban J connectivity index is 1.86. The van der Waals surface area contributed by atoms with E-state index in [0.29, 0.717) is 35.3 Å². The number of ether oxygens (including phenoxy) is 2. The van der Waals surface area contributed by atoms with Crippen LogP contribution in [-0.4, -0.2) is 21.6 Å². The van der Waals surface area contributed by atoms with Crippen LogP contribution in [0.1, 0.15) is 37.8 Å². The molecular formula is C20H25NO4S. The predicted octanol–water partition coefficient (Wildman–Crippen LogP) is 4.16. The third-order valence-electron chi connectivity index (χ3n) is 4.43. The molecule has 0 radical (unpaired) electrons. The number of hydrogen-bond acceptors (Lipinski definition) is 4. The van der Waals surface area contributed by atoms with Crippen molar-refractivity contribution in [3.8, 4) is 11.5 Å². The molecule has 26 heavy (non-hydrogen) atoms. The van der Waals surface area contributed by atoms with Gasteiger partial charge in [0.05, 0.1) is 23.8 Å². The summed E-state index contributed by atoms with van der Waals surface area (Å²) in [5.41, 5.74) is 2.85. The third kappa shape index (κ3) is 4.12. The molecule has 5 nitrogen and oxygen atoms in total. The van der Waals surface area contributed by atoms with Crippen LogP contribution in [0.5, 0.6) is 11.5 Å². The molecule has 0 unspecified atom stereocenters. The molecule has 3 rings (SSSR count). The number of rotatable bonds is 7. The number of nitrogens with one attached hydrogen (secondary N) is 1. The van der Waals surface area contributed by atoms with E-state index in [4.69, 9.17) is 9.47 Å². The Hall–Kier alpha value is -2.21. The topological polar surface area (TPSA) is 64.6 Å². The van der Waals surface area contributed by atoms with Gasteiger partial charge in [0, 0.05) is 6.07 Å². The first-order valence-electron chi connectivity index (χ1n) is 9.07. The summed E-state index contributed by atoms with van der Waals surface area (Å²) in [6, 6.07) is 10.5. The summed E-state index contributed by atoms with van der Waals surface area (Å²) in [6.07, 6.45) is 4.25. The average Bonchev–Trinajstić information content (AvgIpc) is 2.63. The molecule has 0 fully saturated rings. The summed E-state index contributed by atoms with van der Waals surface area (Å²) in [5, 5.41) is 0. The molecule has 1 N–H and O–H groups in total. The standard InChI is InChI=1S/C20H25NO4S/c1-3-24-19-12-10-17(14-20(19)25-4-2)21-26(22,23)18-11-9-15-7-5-6-8-16(15)13-18/h9-14,21H,3-8H2,1-2H3. The van der Waals surface area contributed by atoms with Crippen molar-refractivity contribution in [2.75, 3.05) is 17.9 Å². The van der Waals surface area contributed by atoms with Crippen molar-refractivity contribution in [1.82, 2.24) is 0 Å². The van der Waals surface area contributed by atoms with E-state index in [1.807, 2.05) is 19.9 Å². The van der Waals surface area contributed by atoms with E-state index in [-0.39, 0.29) is 0 Å². The van der Waals surface area contributed by atoms with Crippen LogP contribution in [0.15, 0.2) is 41.3 Å². The van der Waals surface area contributed by atoms with E-state index in [1.165, 1.54) is 12.0 Å². The SMILES string of the molecule is CCOc1ccc(NS(=O)(=O)c2ccc3c(c2)CCCC3)cc1OCC. The van der Waals surface area contributed by atoms with Crippen LogP contribution >= 0.6 is 0 Å². The molecule has 2 aromatic rings. The number of hydrogen-bond donors (Lipinski definition) is 1. The summed E-state index contributed by atoms with van der Waals surface area (Å²) in [5.74, 6) is 1.13. The van der Waals surface area contributed by atoms with Gasteiger partial charge in [0.1, 0.15) is 0 Å². The minimum Gasteiger partial charge on any atom is -0.490 e. The second kappa shape index (κ2) is 7.99. The summed E-state index contributed by atoms with van der Waals surface area (Å²) >= 11 is 0. The molecular weight excluding hydrogens is 350 g/mol. The first-order valence-corrected chi connectivity index (χ1v) is 10.6. The summed E-state index contributed by atoms with van der Waals surface area (Å²) in [7, 11) is -3.65. The first-order chi connectivity index (χ1) is 12.5. The van der Waals surface area contributed by atoms with Crippen molar-refractivity contribution in [1.29, 1.82) is 0 Å². The maximum absolute atomic E-state index is 12.8. The number of aryl methyl sites for hydroxylation is 2. The van der Waals surface area contributed by atoms with E-state index in [1.54, 1.807) is 30.3 Å². The van der Waals surface area contributed by atoms with Gasteiger partial charge in [0.15, 0.2) is 11.5 Å². The normalized spacial score (nSPS) is 13.8. The first kappa shape index (κ1) is 18.6. The second-order valence-electron chi connectivity index (χ2n) is 6.27. The van der Waals surface area contributed by atoms with Crippen LogP contribution in [0.3, 0.4) is 0 Å². The Morgan fingerprint density at radius 3 is 2.31 bits per heavy atom. The zero-order valence-electron chi connectivity index (χ0n) is 15.2. The van der Waals surface area contributed by atoms with Gasteiger partial charge in [-0.3, -0.25) is 4.72 Å². The summed E-state index contributed by atoms with van der Waals surface area (Å²) in [4.78, 5) is 0.296. The largest absolute Gasteiger partial charge is 0.490 e. The van der Waals surface area contributed by atoms with Crippen molar-refractivity contribution < 1.29 is 17.9 Å². The van der Waals surface area contributed by atoms with Crippen LogP contribution in [0.4, 0.5) is 5.69 Å². The smallest absolute Gasteiger partial charge is 0.261 e. The van der Waals surface area contributed by atoms with Gasteiger partial charge < -0.3 is 9.47 Å². The highest BCUT2D eigenvalue weighted by molar-refractivity contribution is 7.92. The maximum Gasteiger partial charge on any atom is 0.261 e. The van der Waals surface area contributed by atoms with Gasteiger partial charge in [-0.15, -0.1) is 0 Å². The molecule has 1 aliphatic carbocycles. The molecule has 0 aliphatic heterocycles. The van der Waals surface area contributed by atoms with Gasteiger partial charge >= 0.3 is 0 Å². The lowest BCUT2D eigenvalue weighted by Gasteiger charge is -2.17. The van der Waals surface area contributed by atoms with Gasteiger partial charge in [-0.1, -0.05) is 6.07 Å². The Bertz CT molecular complexity index is 877. The molecule has 0 atom stereocenters. The van der Waals surface area contributed by atoms with E-state index < -0.39 is 10.0 Å². The average molecular weight is 375 g/mol. The zero-order chi connectivity index (χ0) is 18.6. The number of sulfonamides is 1. The number of benzene rings is 2. The van der Waals surface area contributed by atoms with Gasteiger partial charge in [0.2, 0.25) is 0 Å². The Kier molecular flexibility index (Phi) is 5.71. The third-order valence-corrected chi connectivity index (χ3v) is 5.80. The van der Waals surface area contributed by atoms with Crippen molar-refractivity contribution in [3.05, 3.63) is 47.5 Å². The summed E-state index contributed by atoms with van der Waals surface area (Å²) in [6.45, 7) is 4.75. The molecule has 0 saturated heterocycles. The number of fused-ring (bicyclic) bond motifs is 1. The van der Waals surface area contributed by atoms with E-state index in [0.717, 1.165) is 24.8 Å². The quantitative estimate of drug-likeness (QED) is 0.789. The minimum atomic E-state index is -3.65. The molecule has 6 heteroatoms. The van der Waals surface area contributed by atoms with Crippen molar-refractivity contribution in [2.24, 2.45) is 0 Å². The Labute approximate surface area is 155 Å².